The molecular weight excluding hydrogens is 254 g/mol. The van der Waals surface area contributed by atoms with E-state index in [1.807, 2.05) is 30.9 Å². The number of amides is 1. The fourth-order valence-electron chi connectivity index (χ4n) is 3.33. The summed E-state index contributed by atoms with van der Waals surface area (Å²) in [5, 5.41) is 9.44. The minimum Gasteiger partial charge on any atom is -0.481 e. The molecule has 2 aliphatic rings. The third-order valence-electron chi connectivity index (χ3n) is 4.21. The number of aliphatic carboxylic acids is 1. The van der Waals surface area contributed by atoms with E-state index in [1.165, 1.54) is 0 Å². The molecule has 0 radical (unpaired) electrons. The van der Waals surface area contributed by atoms with Crippen molar-refractivity contribution in [1.82, 2.24) is 4.90 Å². The smallest absolute Gasteiger partial charge is 0.309 e. The molecule has 1 aromatic rings. The van der Waals surface area contributed by atoms with Crippen LogP contribution in [0.15, 0.2) is 18.2 Å². The second-order valence-electron chi connectivity index (χ2n) is 6.05. The van der Waals surface area contributed by atoms with Gasteiger partial charge in [-0.3, -0.25) is 9.59 Å². The quantitative estimate of drug-likeness (QED) is 0.920. The molecule has 0 spiro atoms. The molecule has 1 saturated heterocycles. The number of rotatable bonds is 3. The number of nitrogens with zero attached hydrogens (tertiary/aromatic N) is 1. The lowest BCUT2D eigenvalue weighted by molar-refractivity contribution is -0.142. The lowest BCUT2D eigenvalue weighted by Gasteiger charge is -2.28. The van der Waals surface area contributed by atoms with E-state index in [4.69, 9.17) is 0 Å². The maximum absolute atomic E-state index is 12.2. The summed E-state index contributed by atoms with van der Waals surface area (Å²) in [6.45, 7) is 4.01. The van der Waals surface area contributed by atoms with Crippen LogP contribution in [0, 0.1) is 19.8 Å². The van der Waals surface area contributed by atoms with E-state index in [9.17, 15) is 14.7 Å². The lowest BCUT2D eigenvalue weighted by atomic mass is 9.91. The van der Waals surface area contributed by atoms with Gasteiger partial charge in [0.2, 0.25) is 5.91 Å². The van der Waals surface area contributed by atoms with E-state index >= 15 is 0 Å². The van der Waals surface area contributed by atoms with Gasteiger partial charge in [-0.2, -0.15) is 0 Å². The van der Waals surface area contributed by atoms with Crippen molar-refractivity contribution in [3.05, 3.63) is 34.9 Å². The standard InChI is InChI=1S/C16H19NO3/c1-9-5-10(2)7-11(6-9)15-13(16(19)20)8-14(18)17(15)12-3-4-12/h5-7,12-13,15H,3-4,8H2,1-2H3,(H,19,20). The summed E-state index contributed by atoms with van der Waals surface area (Å²) in [4.78, 5) is 25.5. The zero-order valence-corrected chi connectivity index (χ0v) is 11.8. The van der Waals surface area contributed by atoms with Crippen LogP contribution in [-0.2, 0) is 9.59 Å². The van der Waals surface area contributed by atoms with E-state index < -0.39 is 11.9 Å². The maximum atomic E-state index is 12.2. The van der Waals surface area contributed by atoms with Crippen LogP contribution in [0.2, 0.25) is 0 Å². The van der Waals surface area contributed by atoms with Crippen LogP contribution in [0.5, 0.6) is 0 Å². The average molecular weight is 273 g/mol. The number of hydrogen-bond donors (Lipinski definition) is 1. The van der Waals surface area contributed by atoms with Gasteiger partial charge >= 0.3 is 5.97 Å². The second-order valence-corrected chi connectivity index (χ2v) is 6.05. The number of carbonyl (C=O) groups excluding carboxylic acids is 1. The highest BCUT2D eigenvalue weighted by Gasteiger charge is 2.49. The molecule has 4 heteroatoms. The SMILES string of the molecule is Cc1cc(C)cc(C2C(C(=O)O)CC(=O)N2C2CC2)c1. The second kappa shape index (κ2) is 4.62. The zero-order valence-electron chi connectivity index (χ0n) is 11.8. The molecular formula is C16H19NO3. The molecule has 0 bridgehead atoms. The number of carboxylic acid groups (broad SMARTS) is 1. The van der Waals surface area contributed by atoms with Crippen LogP contribution in [0.1, 0.15) is 42.0 Å². The van der Waals surface area contributed by atoms with Gasteiger partial charge < -0.3 is 10.0 Å². The molecule has 1 aliphatic carbocycles. The molecule has 1 aromatic carbocycles. The topological polar surface area (TPSA) is 57.6 Å². The van der Waals surface area contributed by atoms with E-state index in [0.717, 1.165) is 29.5 Å². The van der Waals surface area contributed by atoms with Crippen molar-refractivity contribution in [2.24, 2.45) is 5.92 Å². The van der Waals surface area contributed by atoms with Crippen molar-refractivity contribution in [2.75, 3.05) is 0 Å². The van der Waals surface area contributed by atoms with E-state index in [-0.39, 0.29) is 24.4 Å². The third kappa shape index (κ3) is 2.19. The van der Waals surface area contributed by atoms with Gasteiger partial charge in [0, 0.05) is 12.5 Å². The summed E-state index contributed by atoms with van der Waals surface area (Å²) in [5.74, 6) is -1.50. The fraction of sp³-hybridized carbons (Fsp3) is 0.500. The summed E-state index contributed by atoms with van der Waals surface area (Å²) in [6, 6.07) is 6.05. The van der Waals surface area contributed by atoms with Crippen molar-refractivity contribution in [3.63, 3.8) is 0 Å². The molecule has 4 nitrogen and oxygen atoms in total. The molecule has 106 valence electrons. The molecule has 2 unspecified atom stereocenters. The Morgan fingerprint density at radius 3 is 2.30 bits per heavy atom. The van der Waals surface area contributed by atoms with Gasteiger partial charge in [-0.15, -0.1) is 0 Å². The maximum Gasteiger partial charge on any atom is 0.309 e. The molecule has 0 aromatic heterocycles. The Morgan fingerprint density at radius 1 is 1.20 bits per heavy atom. The first-order valence-electron chi connectivity index (χ1n) is 7.09. The summed E-state index contributed by atoms with van der Waals surface area (Å²) < 4.78 is 0. The van der Waals surface area contributed by atoms with Gasteiger partial charge in [0.25, 0.3) is 0 Å². The number of aryl methyl sites for hydroxylation is 2. The van der Waals surface area contributed by atoms with Crippen molar-refractivity contribution < 1.29 is 14.7 Å². The lowest BCUT2D eigenvalue weighted by Crippen LogP contribution is -2.32. The molecule has 2 fully saturated rings. The zero-order chi connectivity index (χ0) is 14.4. The Labute approximate surface area is 118 Å². The van der Waals surface area contributed by atoms with Crippen LogP contribution in [0.3, 0.4) is 0 Å². The summed E-state index contributed by atoms with van der Waals surface area (Å²) in [7, 11) is 0. The Balaban J connectivity index is 2.04. The average Bonchev–Trinajstić information content (AvgIpc) is 3.11. The van der Waals surface area contributed by atoms with Gasteiger partial charge in [-0.25, -0.2) is 0 Å². The van der Waals surface area contributed by atoms with Crippen LogP contribution in [-0.4, -0.2) is 27.9 Å². The predicted octanol–water partition coefficient (Wildman–Crippen LogP) is 2.44. The molecule has 20 heavy (non-hydrogen) atoms. The predicted molar refractivity (Wildman–Crippen MR) is 74.3 cm³/mol. The first-order chi connectivity index (χ1) is 9.47. The Kier molecular flexibility index (Phi) is 3.04. The number of likely N-dealkylation sites (tertiary alicyclic amines) is 1. The Bertz CT molecular complexity index is 557. The van der Waals surface area contributed by atoms with Crippen molar-refractivity contribution in [2.45, 2.75) is 45.2 Å². The van der Waals surface area contributed by atoms with E-state index in [2.05, 4.69) is 6.07 Å². The monoisotopic (exact) mass is 273 g/mol. The summed E-state index contributed by atoms with van der Waals surface area (Å²) in [5.41, 5.74) is 3.19. The fourth-order valence-corrected chi connectivity index (χ4v) is 3.33. The molecule has 1 saturated carbocycles. The third-order valence-corrected chi connectivity index (χ3v) is 4.21. The number of hydrogen-bond acceptors (Lipinski definition) is 2. The number of carboxylic acids is 1. The first kappa shape index (κ1) is 13.2. The van der Waals surface area contributed by atoms with E-state index in [1.54, 1.807) is 0 Å². The summed E-state index contributed by atoms with van der Waals surface area (Å²) >= 11 is 0. The highest BCUT2D eigenvalue weighted by atomic mass is 16.4. The first-order valence-corrected chi connectivity index (χ1v) is 7.09. The molecule has 3 rings (SSSR count). The summed E-state index contributed by atoms with van der Waals surface area (Å²) in [6.07, 6.45) is 2.13. The van der Waals surface area contributed by atoms with E-state index in [0.29, 0.717) is 0 Å². The molecule has 1 amide bonds. The molecule has 1 N–H and O–H groups in total. The van der Waals surface area contributed by atoms with Gasteiger partial charge in [-0.05, 0) is 32.3 Å². The number of benzene rings is 1. The number of carbonyl (C=O) groups is 2. The van der Waals surface area contributed by atoms with Crippen LogP contribution >= 0.6 is 0 Å². The Hall–Kier alpha value is -1.84. The molecule has 1 aliphatic heterocycles. The Morgan fingerprint density at radius 2 is 1.80 bits per heavy atom. The highest BCUT2D eigenvalue weighted by molar-refractivity contribution is 5.87. The minimum absolute atomic E-state index is 0.0101. The minimum atomic E-state index is -0.870. The van der Waals surface area contributed by atoms with Crippen LogP contribution in [0.25, 0.3) is 0 Å². The molecule has 1 heterocycles. The van der Waals surface area contributed by atoms with Crippen molar-refractivity contribution >= 4 is 11.9 Å². The van der Waals surface area contributed by atoms with Crippen molar-refractivity contribution in [3.8, 4) is 0 Å². The normalized spacial score (nSPS) is 26.1. The van der Waals surface area contributed by atoms with Gasteiger partial charge in [-0.1, -0.05) is 29.3 Å². The van der Waals surface area contributed by atoms with Gasteiger partial charge in [0.1, 0.15) is 0 Å². The molecule has 2 atom stereocenters. The highest BCUT2D eigenvalue weighted by Crippen LogP contribution is 2.45. The van der Waals surface area contributed by atoms with Crippen LogP contribution < -0.4 is 0 Å². The van der Waals surface area contributed by atoms with Crippen molar-refractivity contribution in [1.29, 1.82) is 0 Å². The van der Waals surface area contributed by atoms with Gasteiger partial charge in [0.05, 0.1) is 12.0 Å². The van der Waals surface area contributed by atoms with Crippen LogP contribution in [0.4, 0.5) is 0 Å². The van der Waals surface area contributed by atoms with Gasteiger partial charge in [0.15, 0.2) is 0 Å². The largest absolute Gasteiger partial charge is 0.481 e.